The van der Waals surface area contributed by atoms with E-state index in [4.69, 9.17) is 22.1 Å². The summed E-state index contributed by atoms with van der Waals surface area (Å²) in [5, 5.41) is 0.100. The minimum atomic E-state index is -4.44. The van der Waals surface area contributed by atoms with Crippen LogP contribution in [0.1, 0.15) is 17.2 Å². The van der Waals surface area contributed by atoms with E-state index in [0.717, 1.165) is 5.56 Å². The number of benzene rings is 2. The highest BCUT2D eigenvalue weighted by molar-refractivity contribution is 6.32. The molecular weight excluding hydrogens is 303 g/mol. The second-order valence-electron chi connectivity index (χ2n) is 4.45. The fourth-order valence-corrected chi connectivity index (χ4v) is 2.15. The topological polar surface area (TPSA) is 35.2 Å². The molecule has 2 aromatic rings. The highest BCUT2D eigenvalue weighted by Gasteiger charge is 2.29. The van der Waals surface area contributed by atoms with Gasteiger partial charge in [0.15, 0.2) is 6.61 Å². The number of nitrogens with two attached hydrogens (primary N) is 1. The maximum Gasteiger partial charge on any atom is 0.422 e. The van der Waals surface area contributed by atoms with E-state index in [9.17, 15) is 13.2 Å². The predicted octanol–water partition coefficient (Wildman–Crippen LogP) is 4.33. The molecule has 0 aromatic heterocycles. The molecule has 0 aliphatic carbocycles. The first kappa shape index (κ1) is 15.7. The Morgan fingerprint density at radius 2 is 1.71 bits per heavy atom. The van der Waals surface area contributed by atoms with Gasteiger partial charge in [-0.1, -0.05) is 54.1 Å². The quantitative estimate of drug-likeness (QED) is 0.911. The van der Waals surface area contributed by atoms with Crippen molar-refractivity contribution in [3.05, 3.63) is 64.7 Å². The Kier molecular flexibility index (Phi) is 4.75. The summed E-state index contributed by atoms with van der Waals surface area (Å²) >= 11 is 5.94. The van der Waals surface area contributed by atoms with Crippen molar-refractivity contribution in [1.82, 2.24) is 0 Å². The summed E-state index contributed by atoms with van der Waals surface area (Å²) in [6, 6.07) is 13.1. The van der Waals surface area contributed by atoms with Gasteiger partial charge >= 0.3 is 6.18 Å². The zero-order valence-electron chi connectivity index (χ0n) is 10.9. The van der Waals surface area contributed by atoms with Crippen LogP contribution >= 0.6 is 11.6 Å². The summed E-state index contributed by atoms with van der Waals surface area (Å²) in [7, 11) is 0. The molecule has 2 N–H and O–H groups in total. The van der Waals surface area contributed by atoms with Crippen LogP contribution < -0.4 is 10.5 Å². The molecule has 0 spiro atoms. The van der Waals surface area contributed by atoms with Crippen molar-refractivity contribution in [2.45, 2.75) is 12.2 Å². The molecule has 0 aliphatic rings. The fraction of sp³-hybridized carbons (Fsp3) is 0.200. The summed E-state index contributed by atoms with van der Waals surface area (Å²) in [6.07, 6.45) is -4.44. The summed E-state index contributed by atoms with van der Waals surface area (Å²) in [4.78, 5) is 0. The SMILES string of the molecule is NC(c1ccccc1)c1cccc(Cl)c1OCC(F)(F)F. The van der Waals surface area contributed by atoms with E-state index in [1.807, 2.05) is 6.07 Å². The van der Waals surface area contributed by atoms with Gasteiger partial charge < -0.3 is 10.5 Å². The number of rotatable bonds is 4. The molecule has 2 aromatic carbocycles. The second-order valence-corrected chi connectivity index (χ2v) is 4.86. The molecule has 1 atom stereocenters. The third-order valence-electron chi connectivity index (χ3n) is 2.87. The predicted molar refractivity (Wildman–Crippen MR) is 75.5 cm³/mol. The van der Waals surface area contributed by atoms with Crippen molar-refractivity contribution >= 4 is 11.6 Å². The Morgan fingerprint density at radius 3 is 2.33 bits per heavy atom. The van der Waals surface area contributed by atoms with Crippen molar-refractivity contribution in [2.24, 2.45) is 5.73 Å². The van der Waals surface area contributed by atoms with E-state index in [0.29, 0.717) is 5.56 Å². The Morgan fingerprint density at radius 1 is 1.05 bits per heavy atom. The Labute approximate surface area is 125 Å². The van der Waals surface area contributed by atoms with Gasteiger partial charge in [0.2, 0.25) is 0 Å². The van der Waals surface area contributed by atoms with Crippen LogP contribution in [0.15, 0.2) is 48.5 Å². The standard InChI is InChI=1S/C15H13ClF3NO/c16-12-8-4-7-11(14(12)21-9-15(17,18)19)13(20)10-5-2-1-3-6-10/h1-8,13H,9,20H2. The van der Waals surface area contributed by atoms with Crippen LogP contribution in [-0.4, -0.2) is 12.8 Å². The lowest BCUT2D eigenvalue weighted by atomic mass is 9.99. The van der Waals surface area contributed by atoms with E-state index in [1.165, 1.54) is 6.07 Å². The second kappa shape index (κ2) is 6.37. The molecule has 112 valence electrons. The molecule has 2 rings (SSSR count). The van der Waals surface area contributed by atoms with Gasteiger partial charge in [0, 0.05) is 5.56 Å². The Hall–Kier alpha value is -1.72. The molecule has 21 heavy (non-hydrogen) atoms. The molecular formula is C15H13ClF3NO. The lowest BCUT2D eigenvalue weighted by Crippen LogP contribution is -2.21. The van der Waals surface area contributed by atoms with E-state index in [-0.39, 0.29) is 10.8 Å². The molecule has 1 unspecified atom stereocenters. The smallest absolute Gasteiger partial charge is 0.422 e. The minimum absolute atomic E-state index is 0.0344. The number of hydrogen-bond donors (Lipinski definition) is 1. The molecule has 0 bridgehead atoms. The molecule has 0 saturated carbocycles. The number of alkyl halides is 3. The minimum Gasteiger partial charge on any atom is -0.482 e. The third-order valence-corrected chi connectivity index (χ3v) is 3.17. The summed E-state index contributed by atoms with van der Waals surface area (Å²) in [5.74, 6) is -0.0344. The molecule has 2 nitrogen and oxygen atoms in total. The number of para-hydroxylation sites is 1. The van der Waals surface area contributed by atoms with Crippen LogP contribution in [0.4, 0.5) is 13.2 Å². The van der Waals surface area contributed by atoms with Crippen molar-refractivity contribution in [1.29, 1.82) is 0 Å². The zero-order valence-corrected chi connectivity index (χ0v) is 11.7. The number of halogens is 4. The molecule has 0 radical (unpaired) electrons. The molecule has 0 fully saturated rings. The highest BCUT2D eigenvalue weighted by atomic mass is 35.5. The monoisotopic (exact) mass is 315 g/mol. The van der Waals surface area contributed by atoms with Gasteiger partial charge in [-0.25, -0.2) is 0 Å². The van der Waals surface area contributed by atoms with E-state index >= 15 is 0 Å². The van der Waals surface area contributed by atoms with Crippen LogP contribution in [0.3, 0.4) is 0 Å². The molecule has 0 saturated heterocycles. The number of ether oxygens (including phenoxy) is 1. The fourth-order valence-electron chi connectivity index (χ4n) is 1.92. The van der Waals surface area contributed by atoms with Gasteiger partial charge in [0.1, 0.15) is 5.75 Å². The van der Waals surface area contributed by atoms with Crippen molar-refractivity contribution in [2.75, 3.05) is 6.61 Å². The van der Waals surface area contributed by atoms with Crippen molar-refractivity contribution in [3.8, 4) is 5.75 Å². The molecule has 0 amide bonds. The van der Waals surface area contributed by atoms with Gasteiger partial charge in [-0.05, 0) is 11.6 Å². The lowest BCUT2D eigenvalue weighted by molar-refractivity contribution is -0.153. The summed E-state index contributed by atoms with van der Waals surface area (Å²) in [6.45, 7) is -1.41. The van der Waals surface area contributed by atoms with Gasteiger partial charge in [0.05, 0.1) is 11.1 Å². The molecule has 6 heteroatoms. The Balaban J connectivity index is 2.33. The summed E-state index contributed by atoms with van der Waals surface area (Å²) < 4.78 is 41.8. The largest absolute Gasteiger partial charge is 0.482 e. The van der Waals surface area contributed by atoms with Gasteiger partial charge in [-0.3, -0.25) is 0 Å². The zero-order chi connectivity index (χ0) is 15.5. The van der Waals surface area contributed by atoms with Crippen LogP contribution in [0.25, 0.3) is 0 Å². The Bertz CT molecular complexity index is 602. The lowest BCUT2D eigenvalue weighted by Gasteiger charge is -2.19. The van der Waals surface area contributed by atoms with Gasteiger partial charge in [0.25, 0.3) is 0 Å². The first-order valence-electron chi connectivity index (χ1n) is 6.17. The maximum absolute atomic E-state index is 12.3. The average Bonchev–Trinajstić information content (AvgIpc) is 2.45. The van der Waals surface area contributed by atoms with Crippen LogP contribution in [-0.2, 0) is 0 Å². The number of hydrogen-bond acceptors (Lipinski definition) is 2. The normalized spacial score (nSPS) is 13.0. The average molecular weight is 316 g/mol. The third kappa shape index (κ3) is 4.12. The van der Waals surface area contributed by atoms with Crippen LogP contribution in [0.2, 0.25) is 5.02 Å². The first-order valence-corrected chi connectivity index (χ1v) is 6.55. The van der Waals surface area contributed by atoms with Crippen molar-refractivity contribution in [3.63, 3.8) is 0 Å². The molecule has 0 heterocycles. The van der Waals surface area contributed by atoms with Crippen molar-refractivity contribution < 1.29 is 17.9 Å². The maximum atomic E-state index is 12.3. The van der Waals surface area contributed by atoms with E-state index < -0.39 is 18.8 Å². The van der Waals surface area contributed by atoms with Crippen LogP contribution in [0.5, 0.6) is 5.75 Å². The van der Waals surface area contributed by atoms with Gasteiger partial charge in [-0.15, -0.1) is 0 Å². The summed E-state index contributed by atoms with van der Waals surface area (Å²) in [5.41, 5.74) is 7.28. The first-order chi connectivity index (χ1) is 9.88. The van der Waals surface area contributed by atoms with E-state index in [1.54, 1.807) is 36.4 Å². The molecule has 0 aliphatic heterocycles. The van der Waals surface area contributed by atoms with Crippen LogP contribution in [0, 0.1) is 0 Å². The van der Waals surface area contributed by atoms with Gasteiger partial charge in [-0.2, -0.15) is 13.2 Å². The highest BCUT2D eigenvalue weighted by Crippen LogP contribution is 2.35. The van der Waals surface area contributed by atoms with E-state index in [2.05, 4.69) is 0 Å².